The first-order valence-electron chi connectivity index (χ1n) is 6.94. The molecule has 0 spiro atoms. The second kappa shape index (κ2) is 6.37. The molecule has 0 fully saturated rings. The molecule has 1 aromatic heterocycles. The molecule has 2 aromatic rings. The quantitative estimate of drug-likeness (QED) is 0.892. The second-order valence-corrected chi connectivity index (χ2v) is 4.87. The third kappa shape index (κ3) is 3.47. The fourth-order valence-electron chi connectivity index (χ4n) is 2.07. The number of carbonyl (C=O) groups excluding carboxylic acids is 1. The summed E-state index contributed by atoms with van der Waals surface area (Å²) in [5.74, 6) is 1.53. The Morgan fingerprint density at radius 1 is 1.25 bits per heavy atom. The van der Waals surface area contributed by atoms with Crippen molar-refractivity contribution in [3.05, 3.63) is 35.9 Å². The van der Waals surface area contributed by atoms with Crippen molar-refractivity contribution in [2.45, 2.75) is 40.0 Å². The molecule has 20 heavy (non-hydrogen) atoms. The lowest BCUT2D eigenvalue weighted by Gasteiger charge is -2.05. The van der Waals surface area contributed by atoms with Crippen molar-refractivity contribution < 1.29 is 9.21 Å². The zero-order chi connectivity index (χ0) is 14.5. The Morgan fingerprint density at radius 3 is 2.50 bits per heavy atom. The smallest absolute Gasteiger partial charge is 0.224 e. The van der Waals surface area contributed by atoms with Crippen molar-refractivity contribution in [1.29, 1.82) is 0 Å². The first kappa shape index (κ1) is 14.3. The van der Waals surface area contributed by atoms with Crippen molar-refractivity contribution >= 4 is 11.6 Å². The molecule has 1 aromatic carbocycles. The van der Waals surface area contributed by atoms with E-state index in [0.29, 0.717) is 12.3 Å². The number of amides is 1. The van der Waals surface area contributed by atoms with Crippen LogP contribution in [0.2, 0.25) is 0 Å². The highest BCUT2D eigenvalue weighted by atomic mass is 16.4. The minimum atomic E-state index is 0.0630. The molecule has 4 nitrogen and oxygen atoms in total. The van der Waals surface area contributed by atoms with Crippen LogP contribution in [0.25, 0.3) is 11.3 Å². The lowest BCUT2D eigenvalue weighted by molar-refractivity contribution is -0.116. The highest BCUT2D eigenvalue weighted by molar-refractivity contribution is 5.90. The van der Waals surface area contributed by atoms with Crippen LogP contribution in [-0.4, -0.2) is 10.9 Å². The molecule has 0 aliphatic heterocycles. The topological polar surface area (TPSA) is 55.1 Å². The number of aromatic nitrogens is 1. The Kier molecular flexibility index (Phi) is 4.56. The summed E-state index contributed by atoms with van der Waals surface area (Å²) in [6.07, 6.45) is 2.51. The highest BCUT2D eigenvalue weighted by Gasteiger charge is 2.09. The summed E-state index contributed by atoms with van der Waals surface area (Å²) < 4.78 is 5.43. The molecule has 106 valence electrons. The van der Waals surface area contributed by atoms with Gasteiger partial charge in [-0.25, -0.2) is 4.98 Å². The normalized spacial score (nSPS) is 10.6. The van der Waals surface area contributed by atoms with Gasteiger partial charge < -0.3 is 9.73 Å². The molecule has 1 N–H and O–H groups in total. The molecule has 0 saturated carbocycles. The van der Waals surface area contributed by atoms with Gasteiger partial charge in [-0.1, -0.05) is 25.5 Å². The molecule has 0 aliphatic carbocycles. The van der Waals surface area contributed by atoms with Gasteiger partial charge in [0.15, 0.2) is 5.89 Å². The number of rotatable bonds is 5. The summed E-state index contributed by atoms with van der Waals surface area (Å²) in [6, 6.07) is 7.67. The van der Waals surface area contributed by atoms with Gasteiger partial charge >= 0.3 is 0 Å². The summed E-state index contributed by atoms with van der Waals surface area (Å²) in [4.78, 5) is 16.0. The van der Waals surface area contributed by atoms with Gasteiger partial charge in [0.25, 0.3) is 0 Å². The Labute approximate surface area is 119 Å². The number of aryl methyl sites for hydroxylation is 2. The van der Waals surface area contributed by atoms with Crippen molar-refractivity contribution in [3.8, 4) is 11.3 Å². The zero-order valence-electron chi connectivity index (χ0n) is 12.2. The van der Waals surface area contributed by atoms with Gasteiger partial charge in [-0.3, -0.25) is 4.79 Å². The summed E-state index contributed by atoms with van der Waals surface area (Å²) in [5.41, 5.74) is 2.66. The van der Waals surface area contributed by atoms with Crippen LogP contribution in [0, 0.1) is 13.8 Å². The number of unbranched alkanes of at least 4 members (excludes halogenated alkanes) is 1. The van der Waals surface area contributed by atoms with E-state index in [1.165, 1.54) is 0 Å². The van der Waals surface area contributed by atoms with Crippen molar-refractivity contribution in [1.82, 2.24) is 4.98 Å². The molecule has 0 atom stereocenters. The fourth-order valence-corrected chi connectivity index (χ4v) is 2.07. The van der Waals surface area contributed by atoms with Gasteiger partial charge in [-0.15, -0.1) is 0 Å². The van der Waals surface area contributed by atoms with Crippen LogP contribution >= 0.6 is 0 Å². The van der Waals surface area contributed by atoms with Crippen molar-refractivity contribution in [2.75, 3.05) is 5.32 Å². The van der Waals surface area contributed by atoms with Gasteiger partial charge in [0.2, 0.25) is 5.91 Å². The molecule has 0 bridgehead atoms. The average Bonchev–Trinajstić information content (AvgIpc) is 2.76. The van der Waals surface area contributed by atoms with Crippen LogP contribution < -0.4 is 5.32 Å². The Bertz CT molecular complexity index is 585. The van der Waals surface area contributed by atoms with Gasteiger partial charge in [0.1, 0.15) is 11.5 Å². The van der Waals surface area contributed by atoms with Crippen LogP contribution in [-0.2, 0) is 4.79 Å². The maximum Gasteiger partial charge on any atom is 0.224 e. The van der Waals surface area contributed by atoms with Gasteiger partial charge in [-0.05, 0) is 25.5 Å². The van der Waals surface area contributed by atoms with E-state index in [1.54, 1.807) is 0 Å². The van der Waals surface area contributed by atoms with E-state index in [9.17, 15) is 4.79 Å². The molecular formula is C16H20N2O2. The summed E-state index contributed by atoms with van der Waals surface area (Å²) in [7, 11) is 0. The van der Waals surface area contributed by atoms with Crippen LogP contribution in [0.1, 0.15) is 37.8 Å². The summed E-state index contributed by atoms with van der Waals surface area (Å²) in [5, 5.41) is 2.89. The first-order chi connectivity index (χ1) is 9.60. The van der Waals surface area contributed by atoms with Gasteiger partial charge in [0.05, 0.1) is 0 Å². The van der Waals surface area contributed by atoms with Gasteiger partial charge in [0, 0.05) is 24.6 Å². The minimum absolute atomic E-state index is 0.0630. The third-order valence-electron chi connectivity index (χ3n) is 3.10. The Hall–Kier alpha value is -2.10. The van der Waals surface area contributed by atoms with E-state index < -0.39 is 0 Å². The molecule has 1 amide bonds. The maximum absolute atomic E-state index is 11.6. The molecule has 2 rings (SSSR count). The van der Waals surface area contributed by atoms with E-state index in [0.717, 1.165) is 35.5 Å². The zero-order valence-corrected chi connectivity index (χ0v) is 12.2. The second-order valence-electron chi connectivity index (χ2n) is 4.87. The molecule has 0 saturated heterocycles. The number of nitrogens with zero attached hydrogens (tertiary/aromatic N) is 1. The molecule has 0 unspecified atom stereocenters. The molecular weight excluding hydrogens is 252 g/mol. The van der Waals surface area contributed by atoms with Crippen LogP contribution in [0.15, 0.2) is 28.7 Å². The molecule has 1 heterocycles. The van der Waals surface area contributed by atoms with E-state index in [1.807, 2.05) is 38.1 Å². The molecule has 0 aliphatic rings. The standard InChI is InChI=1S/C16H20N2O2/c1-4-5-6-15(19)18-14-9-7-13(8-10-14)16-11(2)20-12(3)17-16/h7-10H,4-6H2,1-3H3,(H,18,19). The SMILES string of the molecule is CCCCC(=O)Nc1ccc(-c2nc(C)oc2C)cc1. The Morgan fingerprint density at radius 2 is 1.95 bits per heavy atom. The minimum Gasteiger partial charge on any atom is -0.446 e. The lowest BCUT2D eigenvalue weighted by atomic mass is 10.1. The summed E-state index contributed by atoms with van der Waals surface area (Å²) in [6.45, 7) is 5.80. The van der Waals surface area contributed by atoms with E-state index >= 15 is 0 Å². The van der Waals surface area contributed by atoms with E-state index in [2.05, 4.69) is 17.2 Å². The van der Waals surface area contributed by atoms with E-state index in [4.69, 9.17) is 4.42 Å². The number of oxazole rings is 1. The first-order valence-corrected chi connectivity index (χ1v) is 6.94. The molecule has 4 heteroatoms. The number of hydrogen-bond acceptors (Lipinski definition) is 3. The van der Waals surface area contributed by atoms with Gasteiger partial charge in [-0.2, -0.15) is 0 Å². The number of benzene rings is 1. The lowest BCUT2D eigenvalue weighted by Crippen LogP contribution is -2.10. The fraction of sp³-hybridized carbons (Fsp3) is 0.375. The molecule has 0 radical (unpaired) electrons. The highest BCUT2D eigenvalue weighted by Crippen LogP contribution is 2.24. The summed E-state index contributed by atoms with van der Waals surface area (Å²) >= 11 is 0. The van der Waals surface area contributed by atoms with Crippen molar-refractivity contribution in [2.24, 2.45) is 0 Å². The average molecular weight is 272 g/mol. The Balaban J connectivity index is 2.07. The number of carbonyl (C=O) groups is 1. The number of anilines is 1. The number of hydrogen-bond donors (Lipinski definition) is 1. The van der Waals surface area contributed by atoms with Crippen LogP contribution in [0.3, 0.4) is 0 Å². The maximum atomic E-state index is 11.6. The predicted octanol–water partition coefficient (Wildman–Crippen LogP) is 4.09. The number of nitrogens with one attached hydrogen (secondary N) is 1. The van der Waals surface area contributed by atoms with E-state index in [-0.39, 0.29) is 5.91 Å². The van der Waals surface area contributed by atoms with Crippen LogP contribution in [0.5, 0.6) is 0 Å². The largest absolute Gasteiger partial charge is 0.446 e. The van der Waals surface area contributed by atoms with Crippen LogP contribution in [0.4, 0.5) is 5.69 Å². The van der Waals surface area contributed by atoms with Crippen molar-refractivity contribution in [3.63, 3.8) is 0 Å². The third-order valence-corrected chi connectivity index (χ3v) is 3.10. The predicted molar refractivity (Wildman–Crippen MR) is 79.6 cm³/mol. The monoisotopic (exact) mass is 272 g/mol.